The van der Waals surface area contributed by atoms with E-state index in [1.165, 1.54) is 33.4 Å². The molecule has 0 atom stereocenters. The molecule has 0 fully saturated rings. The van der Waals surface area contributed by atoms with Crippen LogP contribution in [0.3, 0.4) is 0 Å². The number of anilines is 1. The van der Waals surface area contributed by atoms with E-state index in [2.05, 4.69) is 92.1 Å². The zero-order valence-electron chi connectivity index (χ0n) is 13.1. The predicted octanol–water partition coefficient (Wildman–Crippen LogP) is 3.71. The summed E-state index contributed by atoms with van der Waals surface area (Å²) >= 11 is 0. The standard InChI is InChI=1S/C19H21N2/c1-14-5-6-16-9-12-18(21(4)19(16)13-14)15-7-10-17(11-8-15)20(2)3/h5-13H,1-4H3/q+1. The van der Waals surface area contributed by atoms with E-state index in [-0.39, 0.29) is 0 Å². The maximum atomic E-state index is 2.27. The normalized spacial score (nSPS) is 10.9. The Morgan fingerprint density at radius 2 is 1.52 bits per heavy atom. The highest BCUT2D eigenvalue weighted by Gasteiger charge is 2.13. The lowest BCUT2D eigenvalue weighted by atomic mass is 10.1. The van der Waals surface area contributed by atoms with Crippen LogP contribution in [0, 0.1) is 6.92 Å². The van der Waals surface area contributed by atoms with Crippen LogP contribution in [0.4, 0.5) is 5.69 Å². The summed E-state index contributed by atoms with van der Waals surface area (Å²) in [6.45, 7) is 2.14. The second-order valence-electron chi connectivity index (χ2n) is 5.78. The topological polar surface area (TPSA) is 7.12 Å². The first-order chi connectivity index (χ1) is 10.1. The quantitative estimate of drug-likeness (QED) is 0.648. The number of aromatic nitrogens is 1. The van der Waals surface area contributed by atoms with E-state index >= 15 is 0 Å². The largest absolute Gasteiger partial charge is 0.378 e. The van der Waals surface area contributed by atoms with Crippen LogP contribution < -0.4 is 9.47 Å². The van der Waals surface area contributed by atoms with Crippen molar-refractivity contribution >= 4 is 16.6 Å². The van der Waals surface area contributed by atoms with E-state index in [9.17, 15) is 0 Å². The number of aryl methyl sites for hydroxylation is 2. The molecule has 0 aliphatic rings. The molecule has 3 aromatic rings. The Kier molecular flexibility index (Phi) is 3.38. The zero-order valence-corrected chi connectivity index (χ0v) is 13.1. The molecule has 1 aromatic heterocycles. The molecule has 1 heterocycles. The monoisotopic (exact) mass is 277 g/mol. The first kappa shape index (κ1) is 13.6. The molecule has 2 aromatic carbocycles. The number of fused-ring (bicyclic) bond motifs is 1. The van der Waals surface area contributed by atoms with Gasteiger partial charge in [-0.1, -0.05) is 6.07 Å². The van der Waals surface area contributed by atoms with Crippen molar-refractivity contribution in [1.82, 2.24) is 0 Å². The molecule has 0 saturated heterocycles. The minimum Gasteiger partial charge on any atom is -0.378 e. The molecule has 2 heteroatoms. The molecule has 0 aliphatic carbocycles. The summed E-state index contributed by atoms with van der Waals surface area (Å²) in [5.74, 6) is 0. The molecule has 0 unspecified atom stereocenters. The van der Waals surface area contributed by atoms with Gasteiger partial charge in [0.15, 0.2) is 0 Å². The van der Waals surface area contributed by atoms with Crippen molar-refractivity contribution in [1.29, 1.82) is 0 Å². The minimum atomic E-state index is 1.22. The predicted molar refractivity (Wildman–Crippen MR) is 89.6 cm³/mol. The van der Waals surface area contributed by atoms with E-state index in [0.29, 0.717) is 0 Å². The first-order valence-electron chi connectivity index (χ1n) is 7.23. The Labute approximate surface area is 126 Å². The summed E-state index contributed by atoms with van der Waals surface area (Å²) in [7, 11) is 6.26. The Morgan fingerprint density at radius 3 is 2.19 bits per heavy atom. The van der Waals surface area contributed by atoms with Crippen molar-refractivity contribution in [3.8, 4) is 11.3 Å². The molecule has 0 aliphatic heterocycles. The van der Waals surface area contributed by atoms with E-state index < -0.39 is 0 Å². The number of pyridine rings is 1. The average molecular weight is 277 g/mol. The van der Waals surface area contributed by atoms with E-state index in [4.69, 9.17) is 0 Å². The molecule has 0 amide bonds. The Bertz CT molecular complexity index is 787. The summed E-state index contributed by atoms with van der Waals surface area (Å²) < 4.78 is 2.27. The maximum Gasteiger partial charge on any atom is 0.213 e. The molecule has 2 nitrogen and oxygen atoms in total. The van der Waals surface area contributed by atoms with Crippen LogP contribution in [-0.2, 0) is 7.05 Å². The fourth-order valence-electron chi connectivity index (χ4n) is 2.72. The third-order valence-corrected chi connectivity index (χ3v) is 4.01. The lowest BCUT2D eigenvalue weighted by Gasteiger charge is -2.12. The van der Waals surface area contributed by atoms with Crippen LogP contribution in [-0.4, -0.2) is 14.1 Å². The minimum absolute atomic E-state index is 1.22. The second-order valence-corrected chi connectivity index (χ2v) is 5.78. The van der Waals surface area contributed by atoms with Gasteiger partial charge in [-0.2, -0.15) is 4.57 Å². The Hall–Kier alpha value is -2.35. The van der Waals surface area contributed by atoms with Crippen LogP contribution in [0.5, 0.6) is 0 Å². The summed E-state index contributed by atoms with van der Waals surface area (Å²) in [6.07, 6.45) is 0. The van der Waals surface area contributed by atoms with Crippen LogP contribution >= 0.6 is 0 Å². The molecule has 0 radical (unpaired) electrons. The van der Waals surface area contributed by atoms with Gasteiger partial charge in [-0.25, -0.2) is 0 Å². The van der Waals surface area contributed by atoms with Crippen molar-refractivity contribution < 1.29 is 4.57 Å². The molecule has 21 heavy (non-hydrogen) atoms. The molecule has 0 spiro atoms. The number of benzene rings is 2. The van der Waals surface area contributed by atoms with Crippen molar-refractivity contribution in [3.63, 3.8) is 0 Å². The van der Waals surface area contributed by atoms with Crippen LogP contribution in [0.25, 0.3) is 22.2 Å². The van der Waals surface area contributed by atoms with Crippen molar-refractivity contribution in [2.45, 2.75) is 6.92 Å². The molecular weight excluding hydrogens is 256 g/mol. The maximum absolute atomic E-state index is 2.27. The lowest BCUT2D eigenvalue weighted by molar-refractivity contribution is -0.633. The van der Waals surface area contributed by atoms with Gasteiger partial charge in [0.2, 0.25) is 11.2 Å². The first-order valence-corrected chi connectivity index (χ1v) is 7.23. The summed E-state index contributed by atoms with van der Waals surface area (Å²) in [5, 5.41) is 1.27. The molecule has 106 valence electrons. The summed E-state index contributed by atoms with van der Waals surface area (Å²) in [5.41, 5.74) is 6.25. The molecule has 3 rings (SSSR count). The zero-order chi connectivity index (χ0) is 15.0. The van der Waals surface area contributed by atoms with Crippen molar-refractivity contribution in [2.24, 2.45) is 7.05 Å². The highest BCUT2D eigenvalue weighted by atomic mass is 15.1. The fourth-order valence-corrected chi connectivity index (χ4v) is 2.72. The SMILES string of the molecule is Cc1ccc2ccc(-c3ccc(N(C)C)cc3)[n+](C)c2c1. The van der Waals surface area contributed by atoms with E-state index in [1.54, 1.807) is 0 Å². The van der Waals surface area contributed by atoms with E-state index in [1.807, 2.05) is 0 Å². The third kappa shape index (κ3) is 2.49. The van der Waals surface area contributed by atoms with Gasteiger partial charge in [-0.3, -0.25) is 0 Å². The van der Waals surface area contributed by atoms with Crippen molar-refractivity contribution in [2.75, 3.05) is 19.0 Å². The summed E-state index contributed by atoms with van der Waals surface area (Å²) in [4.78, 5) is 2.12. The van der Waals surface area contributed by atoms with Gasteiger partial charge in [-0.15, -0.1) is 0 Å². The smallest absolute Gasteiger partial charge is 0.213 e. The second kappa shape index (κ2) is 5.21. The number of rotatable bonds is 2. The highest BCUT2D eigenvalue weighted by molar-refractivity contribution is 5.78. The molecule has 0 saturated carbocycles. The fraction of sp³-hybridized carbons (Fsp3) is 0.211. The van der Waals surface area contributed by atoms with Crippen molar-refractivity contribution in [3.05, 3.63) is 60.2 Å². The Morgan fingerprint density at radius 1 is 0.857 bits per heavy atom. The molecule has 0 N–H and O–H groups in total. The van der Waals surface area contributed by atoms with Gasteiger partial charge < -0.3 is 4.90 Å². The van der Waals surface area contributed by atoms with Gasteiger partial charge in [0.1, 0.15) is 7.05 Å². The number of hydrogen-bond donors (Lipinski definition) is 0. The van der Waals surface area contributed by atoms with Gasteiger partial charge >= 0.3 is 0 Å². The average Bonchev–Trinajstić information content (AvgIpc) is 2.48. The number of nitrogens with zero attached hydrogens (tertiary/aromatic N) is 2. The van der Waals surface area contributed by atoms with Gasteiger partial charge in [-0.05, 0) is 48.9 Å². The van der Waals surface area contributed by atoms with Gasteiger partial charge in [0.05, 0.1) is 0 Å². The van der Waals surface area contributed by atoms with Crippen LogP contribution in [0.2, 0.25) is 0 Å². The summed E-state index contributed by atoms with van der Waals surface area (Å²) in [6, 6.07) is 19.7. The van der Waals surface area contributed by atoms with Gasteiger partial charge in [0.25, 0.3) is 0 Å². The van der Waals surface area contributed by atoms with Gasteiger partial charge in [0, 0.05) is 42.9 Å². The lowest BCUT2D eigenvalue weighted by Crippen LogP contribution is -2.32. The molecular formula is C19H21N2+. The highest BCUT2D eigenvalue weighted by Crippen LogP contribution is 2.22. The third-order valence-electron chi connectivity index (χ3n) is 4.01. The number of hydrogen-bond acceptors (Lipinski definition) is 1. The Balaban J connectivity index is 2.13. The van der Waals surface area contributed by atoms with E-state index in [0.717, 1.165) is 0 Å². The van der Waals surface area contributed by atoms with Crippen LogP contribution in [0.15, 0.2) is 54.6 Å². The molecule has 0 bridgehead atoms. The van der Waals surface area contributed by atoms with Crippen LogP contribution in [0.1, 0.15) is 5.56 Å².